The third-order valence-electron chi connectivity index (χ3n) is 4.92. The third kappa shape index (κ3) is 4.96. The van der Waals surface area contributed by atoms with Gasteiger partial charge in [-0.05, 0) is 62.7 Å². The molecule has 3 amide bonds. The van der Waals surface area contributed by atoms with Gasteiger partial charge in [-0.3, -0.25) is 19.3 Å². The zero-order valence-electron chi connectivity index (χ0n) is 18.8. The molecule has 1 N–H and O–H groups in total. The van der Waals surface area contributed by atoms with E-state index in [9.17, 15) is 14.4 Å². The Balaban J connectivity index is 1.79. The van der Waals surface area contributed by atoms with Crippen molar-refractivity contribution in [2.24, 2.45) is 0 Å². The molecule has 1 heterocycles. The number of hydrogen-bond acceptors (Lipinski definition) is 6. The summed E-state index contributed by atoms with van der Waals surface area (Å²) in [6, 6.07) is 9.24. The number of methoxy groups -OCH3 is 1. The number of hydrogen-bond donors (Lipinski definition) is 1. The Morgan fingerprint density at radius 2 is 1.84 bits per heavy atom. The van der Waals surface area contributed by atoms with E-state index in [1.165, 1.54) is 7.11 Å². The Morgan fingerprint density at radius 1 is 1.16 bits per heavy atom. The number of benzene rings is 2. The van der Waals surface area contributed by atoms with Crippen LogP contribution in [0, 0.1) is 20.8 Å². The number of ether oxygens (including phenoxy) is 2. The molecule has 0 aromatic heterocycles. The van der Waals surface area contributed by atoms with Crippen molar-refractivity contribution in [1.29, 1.82) is 0 Å². The molecule has 1 aliphatic rings. The number of carbonyl (C=O) groups is 3. The molecule has 1 aliphatic heterocycles. The fourth-order valence-electron chi connectivity index (χ4n) is 3.58. The monoisotopic (exact) mass is 454 g/mol. The Bertz CT molecular complexity index is 1090. The maximum atomic E-state index is 12.9. The number of para-hydroxylation sites is 1. The second kappa shape index (κ2) is 9.91. The van der Waals surface area contributed by atoms with Crippen LogP contribution < -0.4 is 14.8 Å². The second-order valence-corrected chi connectivity index (χ2v) is 8.39. The number of amides is 3. The first-order chi connectivity index (χ1) is 15.2. The van der Waals surface area contributed by atoms with Crippen molar-refractivity contribution in [1.82, 2.24) is 4.90 Å². The van der Waals surface area contributed by atoms with Crippen molar-refractivity contribution in [3.63, 3.8) is 0 Å². The molecule has 1 saturated heterocycles. The van der Waals surface area contributed by atoms with Crippen LogP contribution in [0.1, 0.15) is 29.2 Å². The Hall–Kier alpha value is -3.26. The smallest absolute Gasteiger partial charge is 0.294 e. The minimum absolute atomic E-state index is 0.222. The van der Waals surface area contributed by atoms with Crippen LogP contribution in [0.5, 0.6) is 11.5 Å². The molecule has 1 fully saturated rings. The van der Waals surface area contributed by atoms with Gasteiger partial charge in [0.15, 0.2) is 11.5 Å². The SMILES string of the molecule is CCOc1c(/C=C2/SC(=O)N(CC(=O)Nc3c(C)cc(C)cc3C)C2=O)cccc1OC. The molecule has 168 valence electrons. The first-order valence-electron chi connectivity index (χ1n) is 10.2. The van der Waals surface area contributed by atoms with Gasteiger partial charge in [0.05, 0.1) is 18.6 Å². The highest BCUT2D eigenvalue weighted by Crippen LogP contribution is 2.37. The standard InChI is InChI=1S/C24H26N2O5S/c1-6-31-22-17(8-7-9-18(22)30-5)12-19-23(28)26(24(29)32-19)13-20(27)25-21-15(3)10-14(2)11-16(21)4/h7-12H,6,13H2,1-5H3,(H,25,27)/b19-12+. The van der Waals surface area contributed by atoms with E-state index in [-0.39, 0.29) is 11.4 Å². The Kier molecular flexibility index (Phi) is 7.25. The molecule has 32 heavy (non-hydrogen) atoms. The van der Waals surface area contributed by atoms with Crippen LogP contribution in [-0.2, 0) is 9.59 Å². The minimum atomic E-state index is -0.516. The number of aryl methyl sites for hydroxylation is 3. The van der Waals surface area contributed by atoms with Gasteiger partial charge in [-0.15, -0.1) is 0 Å². The van der Waals surface area contributed by atoms with E-state index >= 15 is 0 Å². The van der Waals surface area contributed by atoms with Crippen LogP contribution in [0.4, 0.5) is 10.5 Å². The van der Waals surface area contributed by atoms with Gasteiger partial charge in [0.25, 0.3) is 11.1 Å². The predicted octanol–water partition coefficient (Wildman–Crippen LogP) is 4.69. The average Bonchev–Trinajstić information content (AvgIpc) is 2.99. The summed E-state index contributed by atoms with van der Waals surface area (Å²) in [7, 11) is 1.53. The van der Waals surface area contributed by atoms with E-state index in [0.29, 0.717) is 29.4 Å². The average molecular weight is 455 g/mol. The van der Waals surface area contributed by atoms with E-state index in [1.54, 1.807) is 24.3 Å². The number of rotatable bonds is 7. The number of nitrogens with zero attached hydrogens (tertiary/aromatic N) is 1. The molecule has 0 bridgehead atoms. The molecular weight excluding hydrogens is 428 g/mol. The molecule has 0 radical (unpaired) electrons. The van der Waals surface area contributed by atoms with Crippen molar-refractivity contribution in [3.8, 4) is 11.5 Å². The fraction of sp³-hybridized carbons (Fsp3) is 0.292. The highest BCUT2D eigenvalue weighted by atomic mass is 32.2. The fourth-order valence-corrected chi connectivity index (χ4v) is 4.41. The van der Waals surface area contributed by atoms with Crippen molar-refractivity contribution >= 4 is 40.6 Å². The highest BCUT2D eigenvalue weighted by Gasteiger charge is 2.36. The van der Waals surface area contributed by atoms with Crippen molar-refractivity contribution in [2.75, 3.05) is 25.6 Å². The maximum Gasteiger partial charge on any atom is 0.294 e. The topological polar surface area (TPSA) is 84.9 Å². The molecule has 8 heteroatoms. The summed E-state index contributed by atoms with van der Waals surface area (Å²) in [4.78, 5) is 39.1. The summed E-state index contributed by atoms with van der Waals surface area (Å²) in [5, 5.41) is 2.34. The lowest BCUT2D eigenvalue weighted by Crippen LogP contribution is -2.36. The van der Waals surface area contributed by atoms with E-state index in [4.69, 9.17) is 9.47 Å². The van der Waals surface area contributed by atoms with Gasteiger partial charge in [0, 0.05) is 11.3 Å². The van der Waals surface area contributed by atoms with Crippen LogP contribution in [0.2, 0.25) is 0 Å². The Labute approximate surface area is 191 Å². The molecule has 0 aliphatic carbocycles. The van der Waals surface area contributed by atoms with Crippen molar-refractivity contribution in [3.05, 3.63) is 57.5 Å². The maximum absolute atomic E-state index is 12.9. The molecule has 7 nitrogen and oxygen atoms in total. The van der Waals surface area contributed by atoms with Crippen LogP contribution >= 0.6 is 11.8 Å². The number of carbonyl (C=O) groups excluding carboxylic acids is 3. The van der Waals surface area contributed by atoms with Gasteiger partial charge in [-0.2, -0.15) is 0 Å². The summed E-state index contributed by atoms with van der Waals surface area (Å²) < 4.78 is 11.0. The quantitative estimate of drug-likeness (QED) is 0.611. The lowest BCUT2D eigenvalue weighted by molar-refractivity contribution is -0.127. The summed E-state index contributed by atoms with van der Waals surface area (Å²) in [6.07, 6.45) is 1.59. The summed E-state index contributed by atoms with van der Waals surface area (Å²) >= 11 is 0.796. The molecule has 3 rings (SSSR count). The molecule has 2 aromatic carbocycles. The van der Waals surface area contributed by atoms with Crippen molar-refractivity contribution < 1.29 is 23.9 Å². The number of anilines is 1. The molecule has 0 spiro atoms. The molecule has 0 unspecified atom stereocenters. The van der Waals surface area contributed by atoms with Gasteiger partial charge in [-0.25, -0.2) is 0 Å². The Morgan fingerprint density at radius 3 is 2.47 bits per heavy atom. The second-order valence-electron chi connectivity index (χ2n) is 7.40. The van der Waals surface area contributed by atoms with E-state index in [0.717, 1.165) is 33.4 Å². The predicted molar refractivity (Wildman–Crippen MR) is 126 cm³/mol. The lowest BCUT2D eigenvalue weighted by atomic mass is 10.1. The van der Waals surface area contributed by atoms with Crippen LogP contribution in [0.25, 0.3) is 6.08 Å². The minimum Gasteiger partial charge on any atom is -0.493 e. The summed E-state index contributed by atoms with van der Waals surface area (Å²) in [6.45, 7) is 7.70. The normalized spacial score (nSPS) is 14.8. The van der Waals surface area contributed by atoms with Gasteiger partial charge in [0.2, 0.25) is 5.91 Å². The zero-order chi connectivity index (χ0) is 23.4. The van der Waals surface area contributed by atoms with E-state index < -0.39 is 17.1 Å². The van der Waals surface area contributed by atoms with Crippen molar-refractivity contribution in [2.45, 2.75) is 27.7 Å². The summed E-state index contributed by atoms with van der Waals surface area (Å²) in [5.74, 6) is 0.0770. The largest absolute Gasteiger partial charge is 0.493 e. The number of thioether (sulfide) groups is 1. The number of imide groups is 1. The van der Waals surface area contributed by atoms with Crippen LogP contribution in [0.15, 0.2) is 35.2 Å². The van der Waals surface area contributed by atoms with Crippen LogP contribution in [-0.4, -0.2) is 42.2 Å². The molecule has 0 saturated carbocycles. The highest BCUT2D eigenvalue weighted by molar-refractivity contribution is 8.18. The molecular formula is C24H26N2O5S. The van der Waals surface area contributed by atoms with Gasteiger partial charge >= 0.3 is 0 Å². The molecule has 0 atom stereocenters. The van der Waals surface area contributed by atoms with Crippen LogP contribution in [0.3, 0.4) is 0 Å². The first-order valence-corrected chi connectivity index (χ1v) is 11.0. The molecule has 2 aromatic rings. The number of nitrogens with one attached hydrogen (secondary N) is 1. The summed E-state index contributed by atoms with van der Waals surface area (Å²) in [5.41, 5.74) is 4.25. The van der Waals surface area contributed by atoms with Gasteiger partial charge < -0.3 is 14.8 Å². The van der Waals surface area contributed by atoms with E-state index in [1.807, 2.05) is 39.8 Å². The zero-order valence-corrected chi connectivity index (χ0v) is 19.6. The lowest BCUT2D eigenvalue weighted by Gasteiger charge is -2.16. The van der Waals surface area contributed by atoms with E-state index in [2.05, 4.69) is 5.32 Å². The third-order valence-corrected chi connectivity index (χ3v) is 5.83. The first kappa shape index (κ1) is 23.4. The van der Waals surface area contributed by atoms with Gasteiger partial charge in [0.1, 0.15) is 6.54 Å². The van der Waals surface area contributed by atoms with Gasteiger partial charge in [-0.1, -0.05) is 29.8 Å².